The molecule has 0 saturated heterocycles. The van der Waals surface area contributed by atoms with Gasteiger partial charge in [0.05, 0.1) is 4.90 Å². The normalized spacial score (nSPS) is 12.8. The average Bonchev–Trinajstić information content (AvgIpc) is 2.17. The van der Waals surface area contributed by atoms with Gasteiger partial charge in [0.1, 0.15) is 5.17 Å². The van der Waals surface area contributed by atoms with E-state index in [-0.39, 0.29) is 16.6 Å². The molecule has 0 saturated carbocycles. The Balaban J connectivity index is 3.03. The van der Waals surface area contributed by atoms with E-state index in [1.165, 1.54) is 12.1 Å². The molecule has 0 amide bonds. The van der Waals surface area contributed by atoms with E-state index in [2.05, 4.69) is 9.71 Å². The van der Waals surface area contributed by atoms with Crippen molar-refractivity contribution in [2.75, 3.05) is 13.6 Å². The maximum Gasteiger partial charge on any atom is 0.283 e. The van der Waals surface area contributed by atoms with Crippen LogP contribution in [0.3, 0.4) is 0 Å². The van der Waals surface area contributed by atoms with Crippen molar-refractivity contribution in [1.29, 1.82) is 0 Å². The Morgan fingerprint density at radius 2 is 1.94 bits per heavy atom. The van der Waals surface area contributed by atoms with Crippen molar-refractivity contribution >= 4 is 26.8 Å². The molecular weight excluding hydrogens is 248 g/mol. The van der Waals surface area contributed by atoms with Crippen LogP contribution in [0.4, 0.5) is 0 Å². The Kier molecular flexibility index (Phi) is 4.46. The smallest absolute Gasteiger partial charge is 0.283 e. The zero-order valence-electron chi connectivity index (χ0n) is 9.07. The second kappa shape index (κ2) is 5.43. The van der Waals surface area contributed by atoms with Crippen LogP contribution in [0.25, 0.3) is 0 Å². The highest BCUT2D eigenvalue weighted by Crippen LogP contribution is 2.13. The molecule has 1 rings (SSSR count). The van der Waals surface area contributed by atoms with Gasteiger partial charge in [0.25, 0.3) is 10.0 Å². The van der Waals surface area contributed by atoms with Crippen molar-refractivity contribution in [3.63, 3.8) is 0 Å². The highest BCUT2D eigenvalue weighted by atomic mass is 35.5. The molecule has 0 aliphatic carbocycles. The molecule has 16 heavy (non-hydrogen) atoms. The summed E-state index contributed by atoms with van der Waals surface area (Å²) in [5.74, 6) is 0. The Hall–Kier alpha value is -0.910. The second-order valence-electron chi connectivity index (χ2n) is 3.29. The minimum Gasteiger partial charge on any atom is -0.313 e. The molecule has 0 aromatic heterocycles. The first-order valence-corrected chi connectivity index (χ1v) is 6.48. The summed E-state index contributed by atoms with van der Waals surface area (Å²) in [6.07, 6.45) is 0. The molecule has 0 radical (unpaired) electrons. The number of nitrogens with one attached hydrogen (secondary N) is 1. The van der Waals surface area contributed by atoms with Gasteiger partial charge in [0, 0.05) is 6.54 Å². The Labute approximate surface area is 100 Å². The van der Waals surface area contributed by atoms with E-state index >= 15 is 0 Å². The van der Waals surface area contributed by atoms with Crippen LogP contribution in [0.2, 0.25) is 0 Å². The lowest BCUT2D eigenvalue weighted by atomic mass is 10.2. The van der Waals surface area contributed by atoms with Crippen molar-refractivity contribution in [2.24, 2.45) is 4.40 Å². The largest absolute Gasteiger partial charge is 0.313 e. The molecule has 0 heterocycles. The van der Waals surface area contributed by atoms with Gasteiger partial charge < -0.3 is 5.32 Å². The molecule has 1 aromatic rings. The fourth-order valence-electron chi connectivity index (χ4n) is 1.07. The van der Waals surface area contributed by atoms with Gasteiger partial charge in [-0.05, 0) is 26.1 Å². The molecule has 6 heteroatoms. The first-order valence-electron chi connectivity index (χ1n) is 4.66. The van der Waals surface area contributed by atoms with Gasteiger partial charge in [0.2, 0.25) is 0 Å². The number of hydrogen-bond acceptors (Lipinski definition) is 3. The highest BCUT2D eigenvalue weighted by molar-refractivity contribution is 7.90. The Morgan fingerprint density at radius 3 is 2.44 bits per heavy atom. The molecule has 0 bridgehead atoms. The SMILES string of the molecule is CNCC(Cl)=NS(=O)(=O)c1ccc(C)cc1. The van der Waals surface area contributed by atoms with Crippen LogP contribution in [-0.2, 0) is 10.0 Å². The van der Waals surface area contributed by atoms with E-state index in [9.17, 15) is 8.42 Å². The van der Waals surface area contributed by atoms with Gasteiger partial charge in [-0.25, -0.2) is 0 Å². The number of sulfonamides is 1. The van der Waals surface area contributed by atoms with Crippen LogP contribution in [0.1, 0.15) is 5.56 Å². The fraction of sp³-hybridized carbons (Fsp3) is 0.300. The molecule has 0 spiro atoms. The number of aryl methyl sites for hydroxylation is 1. The summed E-state index contributed by atoms with van der Waals surface area (Å²) >= 11 is 5.65. The van der Waals surface area contributed by atoms with E-state index in [1.807, 2.05) is 6.92 Å². The summed E-state index contributed by atoms with van der Waals surface area (Å²) in [6, 6.07) is 6.46. The molecule has 0 atom stereocenters. The Morgan fingerprint density at radius 1 is 1.38 bits per heavy atom. The van der Waals surface area contributed by atoms with Gasteiger partial charge in [0.15, 0.2) is 0 Å². The fourth-order valence-corrected chi connectivity index (χ4v) is 2.39. The highest BCUT2D eigenvalue weighted by Gasteiger charge is 2.12. The molecular formula is C10H13ClN2O2S. The van der Waals surface area contributed by atoms with Crippen molar-refractivity contribution in [3.05, 3.63) is 29.8 Å². The van der Waals surface area contributed by atoms with Crippen molar-refractivity contribution in [1.82, 2.24) is 5.32 Å². The molecule has 4 nitrogen and oxygen atoms in total. The zero-order chi connectivity index (χ0) is 12.2. The minimum atomic E-state index is -3.68. The zero-order valence-corrected chi connectivity index (χ0v) is 10.6. The predicted octanol–water partition coefficient (Wildman–Crippen LogP) is 1.54. The summed E-state index contributed by atoms with van der Waals surface area (Å²) in [5, 5.41) is 2.74. The standard InChI is InChI=1S/C10H13ClN2O2S/c1-8-3-5-9(6-4-8)16(14,15)13-10(11)7-12-2/h3-6,12H,7H2,1-2H3. The summed E-state index contributed by atoms with van der Waals surface area (Å²) in [7, 11) is -2.02. The van der Waals surface area contributed by atoms with Gasteiger partial charge in [-0.2, -0.15) is 12.8 Å². The molecule has 0 aliphatic heterocycles. The van der Waals surface area contributed by atoms with Crippen LogP contribution in [0.5, 0.6) is 0 Å². The molecule has 0 aliphatic rings. The van der Waals surface area contributed by atoms with Gasteiger partial charge in [-0.1, -0.05) is 29.3 Å². The number of nitrogens with zero attached hydrogens (tertiary/aromatic N) is 1. The van der Waals surface area contributed by atoms with Crippen LogP contribution < -0.4 is 5.32 Å². The third-order valence-corrected chi connectivity index (χ3v) is 3.51. The number of benzene rings is 1. The van der Waals surface area contributed by atoms with Crippen LogP contribution in [0, 0.1) is 6.92 Å². The Bertz CT molecular complexity index is 480. The first-order chi connectivity index (χ1) is 7.45. The lowest BCUT2D eigenvalue weighted by Crippen LogP contribution is -2.15. The number of hydrogen-bond donors (Lipinski definition) is 1. The van der Waals surface area contributed by atoms with Gasteiger partial charge in [-0.15, -0.1) is 0 Å². The first kappa shape index (κ1) is 13.2. The average molecular weight is 261 g/mol. The van der Waals surface area contributed by atoms with Crippen molar-refractivity contribution in [2.45, 2.75) is 11.8 Å². The quantitative estimate of drug-likeness (QED) is 0.836. The van der Waals surface area contributed by atoms with E-state index < -0.39 is 10.0 Å². The second-order valence-corrected chi connectivity index (χ2v) is 5.33. The third kappa shape index (κ3) is 3.59. The summed E-state index contributed by atoms with van der Waals surface area (Å²) in [5.41, 5.74) is 0.990. The molecule has 1 aromatic carbocycles. The van der Waals surface area contributed by atoms with Crippen LogP contribution in [0.15, 0.2) is 33.6 Å². The van der Waals surface area contributed by atoms with Crippen LogP contribution in [-0.4, -0.2) is 27.2 Å². The molecule has 1 N–H and O–H groups in total. The van der Waals surface area contributed by atoms with Crippen molar-refractivity contribution in [3.8, 4) is 0 Å². The predicted molar refractivity (Wildman–Crippen MR) is 65.6 cm³/mol. The summed E-state index contributed by atoms with van der Waals surface area (Å²) in [6.45, 7) is 2.11. The molecule has 0 unspecified atom stereocenters. The monoisotopic (exact) mass is 260 g/mol. The summed E-state index contributed by atoms with van der Waals surface area (Å²) < 4.78 is 26.9. The molecule has 88 valence electrons. The van der Waals surface area contributed by atoms with E-state index in [4.69, 9.17) is 11.6 Å². The van der Waals surface area contributed by atoms with Gasteiger partial charge in [-0.3, -0.25) is 0 Å². The number of rotatable bonds is 4. The molecule has 0 fully saturated rings. The van der Waals surface area contributed by atoms with E-state index in [0.717, 1.165) is 5.56 Å². The third-order valence-electron chi connectivity index (χ3n) is 1.86. The lowest BCUT2D eigenvalue weighted by Gasteiger charge is -2.00. The number of halogens is 1. The van der Waals surface area contributed by atoms with Crippen molar-refractivity contribution < 1.29 is 8.42 Å². The minimum absolute atomic E-state index is 0.0167. The van der Waals surface area contributed by atoms with Crippen LogP contribution >= 0.6 is 11.6 Å². The maximum absolute atomic E-state index is 11.7. The lowest BCUT2D eigenvalue weighted by molar-refractivity contribution is 0.598. The summed E-state index contributed by atoms with van der Waals surface area (Å²) in [4.78, 5) is 0.146. The van der Waals surface area contributed by atoms with Gasteiger partial charge >= 0.3 is 0 Å². The maximum atomic E-state index is 11.7. The topological polar surface area (TPSA) is 58.5 Å². The van der Waals surface area contributed by atoms with E-state index in [0.29, 0.717) is 0 Å². The van der Waals surface area contributed by atoms with E-state index in [1.54, 1.807) is 19.2 Å².